The van der Waals surface area contributed by atoms with Crippen molar-refractivity contribution in [3.8, 4) is 0 Å². The second kappa shape index (κ2) is 8.39. The summed E-state index contributed by atoms with van der Waals surface area (Å²) in [5.41, 5.74) is 0.857. The number of carbonyl (C=O) groups excluding carboxylic acids is 3. The Morgan fingerprint density at radius 2 is 2.07 bits per heavy atom. The molecule has 2 aliphatic heterocycles. The van der Waals surface area contributed by atoms with Crippen LogP contribution in [-0.4, -0.2) is 54.3 Å². The van der Waals surface area contributed by atoms with Crippen molar-refractivity contribution in [3.05, 3.63) is 35.9 Å². The molecule has 0 unspecified atom stereocenters. The van der Waals surface area contributed by atoms with Crippen molar-refractivity contribution in [2.24, 2.45) is 5.92 Å². The van der Waals surface area contributed by atoms with E-state index < -0.39 is 30.3 Å². The molecule has 2 aliphatic rings. The summed E-state index contributed by atoms with van der Waals surface area (Å²) in [6.07, 6.45) is -0.385. The van der Waals surface area contributed by atoms with Gasteiger partial charge in [-0.15, -0.1) is 0 Å². The average molecular weight is 375 g/mol. The Morgan fingerprint density at radius 1 is 1.33 bits per heavy atom. The van der Waals surface area contributed by atoms with E-state index in [4.69, 9.17) is 9.47 Å². The molecule has 146 valence electrons. The Kier molecular flexibility index (Phi) is 5.95. The fraction of sp³-hybridized carbons (Fsp3) is 0.526. The molecule has 4 atom stereocenters. The predicted molar refractivity (Wildman–Crippen MR) is 96.4 cm³/mol. The minimum absolute atomic E-state index is 0.119. The maximum Gasteiger partial charge on any atom is 0.408 e. The molecule has 0 bridgehead atoms. The molecular weight excluding hydrogens is 350 g/mol. The fourth-order valence-corrected chi connectivity index (χ4v) is 3.19. The lowest BCUT2D eigenvalue weighted by atomic mass is 9.97. The zero-order valence-corrected chi connectivity index (χ0v) is 15.5. The topological polar surface area (TPSA) is 97.0 Å². The summed E-state index contributed by atoms with van der Waals surface area (Å²) in [6, 6.07) is 7.81. The normalized spacial score (nSPS) is 23.0. The van der Waals surface area contributed by atoms with Gasteiger partial charge in [-0.05, 0) is 11.5 Å². The third kappa shape index (κ3) is 4.21. The van der Waals surface area contributed by atoms with E-state index in [2.05, 4.69) is 10.6 Å². The molecule has 2 N–H and O–H groups in total. The Bertz CT molecular complexity index is 696. The van der Waals surface area contributed by atoms with Crippen molar-refractivity contribution in [1.82, 2.24) is 15.5 Å². The van der Waals surface area contributed by atoms with Crippen LogP contribution in [0.4, 0.5) is 4.79 Å². The number of rotatable bonds is 7. The van der Waals surface area contributed by atoms with Gasteiger partial charge in [0, 0.05) is 6.54 Å². The van der Waals surface area contributed by atoms with Crippen molar-refractivity contribution in [2.45, 2.75) is 45.2 Å². The van der Waals surface area contributed by atoms with E-state index in [1.54, 1.807) is 4.90 Å². The summed E-state index contributed by atoms with van der Waals surface area (Å²) >= 11 is 0. The zero-order chi connectivity index (χ0) is 19.4. The van der Waals surface area contributed by atoms with E-state index in [1.807, 2.05) is 44.2 Å². The van der Waals surface area contributed by atoms with Gasteiger partial charge in [0.05, 0.1) is 6.61 Å². The molecule has 0 radical (unpaired) electrons. The molecule has 0 aliphatic carbocycles. The molecule has 0 spiro atoms. The standard InChI is InChI=1S/C19H25N3O5/c1-3-12(2)14(21-19(25)27-11-13-7-5-4-6-8-13)16(23)20-15-17(24)22-9-10-26-18(15)22/h4-8,12,14-15,18H,3,9-11H2,1-2H3,(H,20,23)(H,21,25)/t12-,14-,15+,18+/m0/s1. The number of ether oxygens (including phenoxy) is 2. The van der Waals surface area contributed by atoms with Gasteiger partial charge in [0.25, 0.3) is 5.91 Å². The molecule has 0 aromatic heterocycles. The molecule has 27 heavy (non-hydrogen) atoms. The summed E-state index contributed by atoms with van der Waals surface area (Å²) in [4.78, 5) is 38.5. The molecule has 8 heteroatoms. The molecule has 8 nitrogen and oxygen atoms in total. The van der Waals surface area contributed by atoms with Gasteiger partial charge in [0.15, 0.2) is 12.3 Å². The Hall–Kier alpha value is -2.61. The molecule has 2 saturated heterocycles. The third-order valence-electron chi connectivity index (χ3n) is 5.04. The van der Waals surface area contributed by atoms with Crippen molar-refractivity contribution >= 4 is 17.9 Å². The number of alkyl carbamates (subject to hydrolysis) is 1. The number of hydrogen-bond donors (Lipinski definition) is 2. The summed E-state index contributed by atoms with van der Waals surface area (Å²) in [7, 11) is 0. The average Bonchev–Trinajstić information content (AvgIpc) is 3.13. The van der Waals surface area contributed by atoms with E-state index in [9.17, 15) is 14.4 Å². The lowest BCUT2D eigenvalue weighted by molar-refractivity contribution is -0.165. The number of hydrogen-bond acceptors (Lipinski definition) is 5. The molecule has 2 heterocycles. The largest absolute Gasteiger partial charge is 0.445 e. The Labute approximate surface area is 158 Å². The Morgan fingerprint density at radius 3 is 2.78 bits per heavy atom. The van der Waals surface area contributed by atoms with Gasteiger partial charge in [-0.1, -0.05) is 50.6 Å². The summed E-state index contributed by atoms with van der Waals surface area (Å²) in [5, 5.41) is 5.33. The van der Waals surface area contributed by atoms with Gasteiger partial charge in [-0.2, -0.15) is 0 Å². The van der Waals surface area contributed by atoms with Crippen LogP contribution >= 0.6 is 0 Å². The highest BCUT2D eigenvalue weighted by Crippen LogP contribution is 2.26. The van der Waals surface area contributed by atoms with Crippen molar-refractivity contribution in [2.75, 3.05) is 13.2 Å². The maximum absolute atomic E-state index is 12.7. The van der Waals surface area contributed by atoms with Gasteiger partial charge in [0.1, 0.15) is 12.6 Å². The monoisotopic (exact) mass is 375 g/mol. The number of amides is 3. The van der Waals surface area contributed by atoms with Crippen molar-refractivity contribution in [1.29, 1.82) is 0 Å². The summed E-state index contributed by atoms with van der Waals surface area (Å²) < 4.78 is 10.7. The zero-order valence-electron chi connectivity index (χ0n) is 15.5. The predicted octanol–water partition coefficient (Wildman–Crippen LogP) is 1.01. The lowest BCUT2D eigenvalue weighted by Crippen LogP contribution is -2.70. The van der Waals surface area contributed by atoms with E-state index in [-0.39, 0.29) is 18.4 Å². The lowest BCUT2D eigenvalue weighted by Gasteiger charge is -2.41. The number of nitrogens with zero attached hydrogens (tertiary/aromatic N) is 1. The van der Waals surface area contributed by atoms with Gasteiger partial charge in [0.2, 0.25) is 5.91 Å². The molecule has 1 aromatic rings. The second-order valence-corrected chi connectivity index (χ2v) is 6.85. The van der Waals surface area contributed by atoms with Gasteiger partial charge in [-0.25, -0.2) is 4.79 Å². The first-order chi connectivity index (χ1) is 13.0. The van der Waals surface area contributed by atoms with Gasteiger partial charge >= 0.3 is 6.09 Å². The van der Waals surface area contributed by atoms with Gasteiger partial charge < -0.3 is 25.0 Å². The molecule has 1 aromatic carbocycles. The minimum Gasteiger partial charge on any atom is -0.445 e. The van der Waals surface area contributed by atoms with Crippen LogP contribution in [0.15, 0.2) is 30.3 Å². The van der Waals surface area contributed by atoms with Crippen LogP contribution in [0.1, 0.15) is 25.8 Å². The van der Waals surface area contributed by atoms with Crippen LogP contribution < -0.4 is 10.6 Å². The summed E-state index contributed by atoms with van der Waals surface area (Å²) in [6.45, 7) is 4.94. The molecular formula is C19H25N3O5. The molecule has 2 fully saturated rings. The molecule has 3 amide bonds. The number of carbonyl (C=O) groups is 3. The van der Waals surface area contributed by atoms with Crippen LogP contribution in [0, 0.1) is 5.92 Å². The highest BCUT2D eigenvalue weighted by atomic mass is 16.5. The SMILES string of the molecule is CC[C@H](C)[C@H](NC(=O)OCc1ccccc1)C(=O)N[C@@H]1C(=O)N2CCO[C@H]12. The first-order valence-electron chi connectivity index (χ1n) is 9.21. The highest BCUT2D eigenvalue weighted by molar-refractivity contribution is 5.95. The second-order valence-electron chi connectivity index (χ2n) is 6.85. The van der Waals surface area contributed by atoms with Crippen LogP contribution in [0.2, 0.25) is 0 Å². The van der Waals surface area contributed by atoms with Crippen LogP contribution in [0.5, 0.6) is 0 Å². The van der Waals surface area contributed by atoms with E-state index in [0.29, 0.717) is 19.6 Å². The summed E-state index contributed by atoms with van der Waals surface area (Å²) in [5.74, 6) is -0.681. The maximum atomic E-state index is 12.7. The van der Waals surface area contributed by atoms with Crippen LogP contribution in [0.3, 0.4) is 0 Å². The van der Waals surface area contributed by atoms with E-state index in [1.165, 1.54) is 0 Å². The van der Waals surface area contributed by atoms with Gasteiger partial charge in [-0.3, -0.25) is 9.59 Å². The molecule has 0 saturated carbocycles. The molecule has 3 rings (SSSR count). The third-order valence-corrected chi connectivity index (χ3v) is 5.04. The van der Waals surface area contributed by atoms with E-state index >= 15 is 0 Å². The van der Waals surface area contributed by atoms with Crippen LogP contribution in [0.25, 0.3) is 0 Å². The minimum atomic E-state index is -0.790. The fourth-order valence-electron chi connectivity index (χ4n) is 3.19. The number of fused-ring (bicyclic) bond motifs is 1. The highest BCUT2D eigenvalue weighted by Gasteiger charge is 2.52. The first kappa shape index (κ1) is 19.2. The number of nitrogens with one attached hydrogen (secondary N) is 2. The number of β-lactam (4-membered cyclic amide) rings is 1. The smallest absolute Gasteiger partial charge is 0.408 e. The van der Waals surface area contributed by atoms with E-state index in [0.717, 1.165) is 5.56 Å². The van der Waals surface area contributed by atoms with Crippen molar-refractivity contribution < 1.29 is 23.9 Å². The quantitative estimate of drug-likeness (QED) is 0.694. The first-order valence-corrected chi connectivity index (χ1v) is 9.21. The van der Waals surface area contributed by atoms with Crippen LogP contribution in [-0.2, 0) is 25.7 Å². The Balaban J connectivity index is 1.55. The number of benzene rings is 1. The van der Waals surface area contributed by atoms with Crippen molar-refractivity contribution in [3.63, 3.8) is 0 Å².